The molecule has 0 aliphatic carbocycles. The van der Waals surface area contributed by atoms with Gasteiger partial charge in [-0.2, -0.15) is 4.98 Å². The lowest BCUT2D eigenvalue weighted by Gasteiger charge is -2.34. The Kier molecular flexibility index (Phi) is 6.94. The predicted molar refractivity (Wildman–Crippen MR) is 115 cm³/mol. The van der Waals surface area contributed by atoms with Gasteiger partial charge in [0.1, 0.15) is 5.82 Å². The van der Waals surface area contributed by atoms with Crippen molar-refractivity contribution in [1.82, 2.24) is 25.3 Å². The molecule has 1 unspecified atom stereocenters. The van der Waals surface area contributed by atoms with Gasteiger partial charge in [0.05, 0.1) is 11.5 Å². The summed E-state index contributed by atoms with van der Waals surface area (Å²) in [5.74, 6) is 2.13. The van der Waals surface area contributed by atoms with Crippen molar-refractivity contribution in [3.8, 4) is 11.4 Å². The molecule has 8 nitrogen and oxygen atoms in total. The van der Waals surface area contributed by atoms with E-state index in [9.17, 15) is 4.79 Å². The van der Waals surface area contributed by atoms with Crippen molar-refractivity contribution in [2.45, 2.75) is 45.4 Å². The van der Waals surface area contributed by atoms with Crippen LogP contribution in [-0.4, -0.2) is 65.2 Å². The molecule has 4 heterocycles. The van der Waals surface area contributed by atoms with Crippen LogP contribution in [0.1, 0.15) is 44.9 Å². The standard InChI is InChI=1S/C22H32N6O2/c1-2-19-25-20(26-30-19)18-9-6-10-23-21(18)28-14-7-8-17(16-28)22(29)24-11-15-27-12-4-3-5-13-27/h6,9-10,17H,2-5,7-8,11-16H2,1H3,(H,24,29). The Balaban J connectivity index is 1.37. The maximum absolute atomic E-state index is 12.8. The summed E-state index contributed by atoms with van der Waals surface area (Å²) < 4.78 is 5.29. The van der Waals surface area contributed by atoms with Crippen molar-refractivity contribution in [3.63, 3.8) is 0 Å². The Morgan fingerprint density at radius 3 is 2.90 bits per heavy atom. The van der Waals surface area contributed by atoms with Gasteiger partial charge in [-0.1, -0.05) is 18.5 Å². The molecule has 2 saturated heterocycles. The van der Waals surface area contributed by atoms with Crippen LogP contribution in [0.5, 0.6) is 0 Å². The van der Waals surface area contributed by atoms with E-state index < -0.39 is 0 Å². The highest BCUT2D eigenvalue weighted by Gasteiger charge is 2.28. The normalized spacial score (nSPS) is 20.3. The van der Waals surface area contributed by atoms with Gasteiger partial charge in [-0.25, -0.2) is 4.98 Å². The van der Waals surface area contributed by atoms with Gasteiger partial charge in [0, 0.05) is 38.8 Å². The molecule has 2 aliphatic heterocycles. The molecule has 1 atom stereocenters. The number of pyridine rings is 1. The summed E-state index contributed by atoms with van der Waals surface area (Å²) in [7, 11) is 0. The molecule has 2 aliphatic rings. The summed E-state index contributed by atoms with van der Waals surface area (Å²) >= 11 is 0. The van der Waals surface area contributed by atoms with E-state index >= 15 is 0 Å². The number of rotatable bonds is 7. The number of aromatic nitrogens is 3. The molecule has 30 heavy (non-hydrogen) atoms. The van der Waals surface area contributed by atoms with Gasteiger partial charge in [-0.05, 0) is 50.9 Å². The Labute approximate surface area is 178 Å². The van der Waals surface area contributed by atoms with Crippen LogP contribution in [0.25, 0.3) is 11.4 Å². The molecule has 162 valence electrons. The van der Waals surface area contributed by atoms with Crippen LogP contribution >= 0.6 is 0 Å². The zero-order chi connectivity index (χ0) is 20.8. The zero-order valence-corrected chi connectivity index (χ0v) is 17.8. The molecule has 0 radical (unpaired) electrons. The predicted octanol–water partition coefficient (Wildman–Crippen LogP) is 2.51. The number of hydrogen-bond donors (Lipinski definition) is 1. The van der Waals surface area contributed by atoms with Gasteiger partial charge >= 0.3 is 0 Å². The van der Waals surface area contributed by atoms with E-state index in [1.807, 2.05) is 19.1 Å². The first-order valence-electron chi connectivity index (χ1n) is 11.3. The summed E-state index contributed by atoms with van der Waals surface area (Å²) in [6.45, 7) is 7.52. The third-order valence-corrected chi connectivity index (χ3v) is 6.07. The van der Waals surface area contributed by atoms with Crippen LogP contribution in [0.3, 0.4) is 0 Å². The highest BCUT2D eigenvalue weighted by Crippen LogP contribution is 2.30. The van der Waals surface area contributed by atoms with E-state index in [1.165, 1.54) is 19.3 Å². The highest BCUT2D eigenvalue weighted by molar-refractivity contribution is 5.80. The van der Waals surface area contributed by atoms with E-state index in [2.05, 4.69) is 30.2 Å². The molecule has 0 aromatic carbocycles. The third kappa shape index (κ3) is 4.98. The minimum atomic E-state index is -0.0218. The van der Waals surface area contributed by atoms with Crippen molar-refractivity contribution < 1.29 is 9.32 Å². The lowest BCUT2D eigenvalue weighted by Crippen LogP contribution is -2.45. The van der Waals surface area contributed by atoms with Gasteiger partial charge in [0.15, 0.2) is 0 Å². The topological polar surface area (TPSA) is 87.4 Å². The minimum Gasteiger partial charge on any atom is -0.355 e. The van der Waals surface area contributed by atoms with Crippen molar-refractivity contribution in [2.24, 2.45) is 5.92 Å². The van der Waals surface area contributed by atoms with Gasteiger partial charge in [0.2, 0.25) is 17.6 Å². The first-order chi connectivity index (χ1) is 14.7. The van der Waals surface area contributed by atoms with E-state index in [4.69, 9.17) is 4.52 Å². The molecule has 1 amide bonds. The first kappa shape index (κ1) is 20.8. The molecule has 2 aromatic rings. The number of carbonyl (C=O) groups is 1. The summed E-state index contributed by atoms with van der Waals surface area (Å²) in [4.78, 5) is 26.5. The molecule has 0 bridgehead atoms. The average molecular weight is 413 g/mol. The quantitative estimate of drug-likeness (QED) is 0.748. The van der Waals surface area contributed by atoms with E-state index in [1.54, 1.807) is 6.20 Å². The van der Waals surface area contributed by atoms with Crippen LogP contribution < -0.4 is 10.2 Å². The largest absolute Gasteiger partial charge is 0.355 e. The molecule has 8 heteroatoms. The second-order valence-corrected chi connectivity index (χ2v) is 8.22. The fraction of sp³-hybridized carbons (Fsp3) is 0.636. The summed E-state index contributed by atoms with van der Waals surface area (Å²) in [5, 5.41) is 7.28. The molecular weight excluding hydrogens is 380 g/mol. The number of aryl methyl sites for hydroxylation is 1. The first-order valence-corrected chi connectivity index (χ1v) is 11.3. The third-order valence-electron chi connectivity index (χ3n) is 6.07. The number of carbonyl (C=O) groups excluding carboxylic acids is 1. The Bertz CT molecular complexity index is 833. The minimum absolute atomic E-state index is 0.0218. The smallest absolute Gasteiger partial charge is 0.226 e. The lowest BCUT2D eigenvalue weighted by atomic mass is 9.96. The lowest BCUT2D eigenvalue weighted by molar-refractivity contribution is -0.125. The molecule has 2 aromatic heterocycles. The maximum Gasteiger partial charge on any atom is 0.226 e. The Morgan fingerprint density at radius 2 is 2.10 bits per heavy atom. The monoisotopic (exact) mass is 412 g/mol. The van der Waals surface area contributed by atoms with Crippen molar-refractivity contribution in [3.05, 3.63) is 24.2 Å². The second kappa shape index (κ2) is 10.0. The Hall–Kier alpha value is -2.48. The molecule has 0 spiro atoms. The van der Waals surface area contributed by atoms with Crippen LogP contribution in [0, 0.1) is 5.92 Å². The Morgan fingerprint density at radius 1 is 1.23 bits per heavy atom. The van der Waals surface area contributed by atoms with Crippen LogP contribution in [0.2, 0.25) is 0 Å². The summed E-state index contributed by atoms with van der Waals surface area (Å²) in [6, 6.07) is 3.85. The zero-order valence-electron chi connectivity index (χ0n) is 17.8. The van der Waals surface area contributed by atoms with E-state index in [0.717, 1.165) is 56.9 Å². The van der Waals surface area contributed by atoms with E-state index in [-0.39, 0.29) is 11.8 Å². The molecule has 4 rings (SSSR count). The number of amides is 1. The van der Waals surface area contributed by atoms with Crippen LogP contribution in [0.4, 0.5) is 5.82 Å². The van der Waals surface area contributed by atoms with Crippen molar-refractivity contribution >= 4 is 11.7 Å². The maximum atomic E-state index is 12.8. The van der Waals surface area contributed by atoms with Crippen LogP contribution in [-0.2, 0) is 11.2 Å². The van der Waals surface area contributed by atoms with Crippen LogP contribution in [0.15, 0.2) is 22.9 Å². The number of piperidine rings is 2. The van der Waals surface area contributed by atoms with Gasteiger partial charge in [0.25, 0.3) is 0 Å². The SMILES string of the molecule is CCc1nc(-c2cccnc2N2CCCC(C(=O)NCCN3CCCCC3)C2)no1. The fourth-order valence-corrected chi connectivity index (χ4v) is 4.38. The number of likely N-dealkylation sites (tertiary alicyclic amines) is 1. The number of nitrogens with one attached hydrogen (secondary N) is 1. The number of nitrogens with zero attached hydrogens (tertiary/aromatic N) is 5. The van der Waals surface area contributed by atoms with Gasteiger partial charge in [-0.3, -0.25) is 4.79 Å². The summed E-state index contributed by atoms with van der Waals surface area (Å²) in [5.41, 5.74) is 0.854. The van der Waals surface area contributed by atoms with E-state index in [0.29, 0.717) is 24.7 Å². The summed E-state index contributed by atoms with van der Waals surface area (Å²) in [6.07, 6.45) is 8.24. The van der Waals surface area contributed by atoms with Gasteiger partial charge < -0.3 is 19.6 Å². The van der Waals surface area contributed by atoms with Crippen molar-refractivity contribution in [1.29, 1.82) is 0 Å². The fourth-order valence-electron chi connectivity index (χ4n) is 4.38. The number of hydrogen-bond acceptors (Lipinski definition) is 7. The average Bonchev–Trinajstić information content (AvgIpc) is 3.29. The van der Waals surface area contributed by atoms with Crippen molar-refractivity contribution in [2.75, 3.05) is 44.2 Å². The second-order valence-electron chi connectivity index (χ2n) is 8.22. The molecule has 2 fully saturated rings. The molecular formula is C22H32N6O2. The molecule has 1 N–H and O–H groups in total. The van der Waals surface area contributed by atoms with Gasteiger partial charge in [-0.15, -0.1) is 0 Å². The molecule has 0 saturated carbocycles. The highest BCUT2D eigenvalue weighted by atomic mass is 16.5. The number of anilines is 1.